The maximum atomic E-state index is 12.3. The second-order valence-electron chi connectivity index (χ2n) is 3.43. The maximum absolute atomic E-state index is 12.3. The third kappa shape index (κ3) is 4.07. The highest BCUT2D eigenvalue weighted by Crippen LogP contribution is 2.32. The van der Waals surface area contributed by atoms with E-state index in [1.165, 1.54) is 25.3 Å². The number of ether oxygens (including phenoxy) is 1. The molecule has 1 rings (SSSR count). The number of halogens is 4. The summed E-state index contributed by atoms with van der Waals surface area (Å²) in [4.78, 5) is 0. The highest BCUT2D eigenvalue weighted by molar-refractivity contribution is 6.32. The van der Waals surface area contributed by atoms with Crippen molar-refractivity contribution in [2.75, 3.05) is 7.11 Å². The molecule has 0 amide bonds. The minimum atomic E-state index is -4.30. The van der Waals surface area contributed by atoms with Gasteiger partial charge < -0.3 is 4.74 Å². The van der Waals surface area contributed by atoms with Crippen molar-refractivity contribution in [3.05, 3.63) is 28.8 Å². The van der Waals surface area contributed by atoms with Crippen molar-refractivity contribution < 1.29 is 17.9 Å². The zero-order valence-electron chi connectivity index (χ0n) is 9.01. The average Bonchev–Trinajstić information content (AvgIpc) is 2.25. The van der Waals surface area contributed by atoms with E-state index in [0.29, 0.717) is 16.3 Å². The predicted octanol–water partition coefficient (Wildman–Crippen LogP) is 2.81. The summed E-state index contributed by atoms with van der Waals surface area (Å²) in [5.74, 6) is 5.43. The lowest BCUT2D eigenvalue weighted by Crippen LogP contribution is -2.31. The molecule has 1 unspecified atom stereocenters. The fourth-order valence-corrected chi connectivity index (χ4v) is 1.59. The largest absolute Gasteiger partial charge is 0.495 e. The molecule has 7 heteroatoms. The maximum Gasteiger partial charge on any atom is 0.390 e. The molecule has 3 nitrogen and oxygen atoms in total. The topological polar surface area (TPSA) is 47.3 Å². The molecule has 17 heavy (non-hydrogen) atoms. The normalized spacial score (nSPS) is 13.5. The standard InChI is InChI=1S/C10H12ClF3N2O/c1-17-9-4-6(2-3-7(9)11)8(16-15)5-10(12,13)14/h2-4,8,16H,5,15H2,1H3. The lowest BCUT2D eigenvalue weighted by Gasteiger charge is -2.19. The van der Waals surface area contributed by atoms with Gasteiger partial charge in [-0.1, -0.05) is 17.7 Å². The van der Waals surface area contributed by atoms with Crippen LogP contribution in [0.1, 0.15) is 18.0 Å². The van der Waals surface area contributed by atoms with Crippen LogP contribution in [0, 0.1) is 0 Å². The molecular weight excluding hydrogens is 257 g/mol. The van der Waals surface area contributed by atoms with Crippen LogP contribution in [-0.2, 0) is 0 Å². The van der Waals surface area contributed by atoms with Crippen molar-refractivity contribution in [1.29, 1.82) is 0 Å². The summed E-state index contributed by atoms with van der Waals surface area (Å²) in [6.45, 7) is 0. The molecule has 1 atom stereocenters. The molecule has 3 N–H and O–H groups in total. The van der Waals surface area contributed by atoms with Gasteiger partial charge in [0.25, 0.3) is 0 Å². The van der Waals surface area contributed by atoms with Gasteiger partial charge in [-0.25, -0.2) is 0 Å². The van der Waals surface area contributed by atoms with Crippen molar-refractivity contribution in [3.63, 3.8) is 0 Å². The van der Waals surface area contributed by atoms with Gasteiger partial charge in [-0.15, -0.1) is 0 Å². The molecule has 0 saturated carbocycles. The first-order valence-corrected chi connectivity index (χ1v) is 5.11. The number of nitrogens with one attached hydrogen (secondary N) is 1. The second kappa shape index (κ2) is 5.57. The lowest BCUT2D eigenvalue weighted by molar-refractivity contribution is -0.140. The Labute approximate surface area is 102 Å². The fourth-order valence-electron chi connectivity index (χ4n) is 1.40. The number of methoxy groups -OCH3 is 1. The Morgan fingerprint density at radius 1 is 1.47 bits per heavy atom. The first-order chi connectivity index (χ1) is 7.87. The monoisotopic (exact) mass is 268 g/mol. The number of hydrazine groups is 1. The quantitative estimate of drug-likeness (QED) is 0.652. The molecule has 1 aromatic rings. The van der Waals surface area contributed by atoms with Gasteiger partial charge in [-0.3, -0.25) is 11.3 Å². The Bertz CT molecular complexity index is 384. The molecule has 0 aliphatic rings. The molecular formula is C10H12ClF3N2O. The number of hydrogen-bond acceptors (Lipinski definition) is 3. The predicted molar refractivity (Wildman–Crippen MR) is 58.7 cm³/mol. The van der Waals surface area contributed by atoms with Crippen LogP contribution in [-0.4, -0.2) is 13.3 Å². The minimum Gasteiger partial charge on any atom is -0.495 e. The van der Waals surface area contributed by atoms with E-state index < -0.39 is 18.6 Å². The van der Waals surface area contributed by atoms with Crippen LogP contribution < -0.4 is 16.0 Å². The van der Waals surface area contributed by atoms with Gasteiger partial charge in [0.2, 0.25) is 0 Å². The van der Waals surface area contributed by atoms with Gasteiger partial charge in [-0.2, -0.15) is 13.2 Å². The average molecular weight is 269 g/mol. The smallest absolute Gasteiger partial charge is 0.390 e. The van der Waals surface area contributed by atoms with E-state index in [4.69, 9.17) is 22.2 Å². The van der Waals surface area contributed by atoms with Crippen molar-refractivity contribution >= 4 is 11.6 Å². The third-order valence-electron chi connectivity index (χ3n) is 2.21. The Morgan fingerprint density at radius 2 is 2.12 bits per heavy atom. The van der Waals surface area contributed by atoms with Gasteiger partial charge in [0.05, 0.1) is 24.6 Å². The number of rotatable bonds is 4. The van der Waals surface area contributed by atoms with Gasteiger partial charge in [0.1, 0.15) is 5.75 Å². The highest BCUT2D eigenvalue weighted by Gasteiger charge is 2.32. The Morgan fingerprint density at radius 3 is 2.59 bits per heavy atom. The highest BCUT2D eigenvalue weighted by atomic mass is 35.5. The molecule has 0 spiro atoms. The van der Waals surface area contributed by atoms with E-state index in [-0.39, 0.29) is 0 Å². The minimum absolute atomic E-state index is 0.312. The van der Waals surface area contributed by atoms with Crippen LogP contribution in [0.4, 0.5) is 13.2 Å². The van der Waals surface area contributed by atoms with Crippen molar-refractivity contribution in [2.24, 2.45) is 5.84 Å². The Kier molecular flexibility index (Phi) is 4.62. The summed E-state index contributed by atoms with van der Waals surface area (Å²) in [6, 6.07) is 3.34. The van der Waals surface area contributed by atoms with Crippen LogP contribution in [0.3, 0.4) is 0 Å². The molecule has 0 aromatic heterocycles. The lowest BCUT2D eigenvalue weighted by atomic mass is 10.0. The molecule has 0 fully saturated rings. The SMILES string of the molecule is COc1cc(C(CC(F)(F)F)NN)ccc1Cl. The zero-order chi connectivity index (χ0) is 13.1. The first-order valence-electron chi connectivity index (χ1n) is 4.73. The van der Waals surface area contributed by atoms with Gasteiger partial charge >= 0.3 is 6.18 Å². The van der Waals surface area contributed by atoms with Gasteiger partial charge in [0, 0.05) is 0 Å². The van der Waals surface area contributed by atoms with Crippen molar-refractivity contribution in [3.8, 4) is 5.75 Å². The summed E-state index contributed by atoms with van der Waals surface area (Å²) >= 11 is 5.78. The molecule has 0 saturated heterocycles. The Balaban J connectivity index is 2.96. The number of alkyl halides is 3. The van der Waals surface area contributed by atoms with Crippen molar-refractivity contribution in [2.45, 2.75) is 18.6 Å². The summed E-state index contributed by atoms with van der Waals surface area (Å²) < 4.78 is 41.8. The number of nitrogens with two attached hydrogens (primary N) is 1. The van der Waals surface area contributed by atoms with Crippen LogP contribution in [0.2, 0.25) is 5.02 Å². The molecule has 96 valence electrons. The van der Waals surface area contributed by atoms with Crippen LogP contribution in [0.25, 0.3) is 0 Å². The van der Waals surface area contributed by atoms with Crippen LogP contribution >= 0.6 is 11.6 Å². The van der Waals surface area contributed by atoms with E-state index in [0.717, 1.165) is 0 Å². The summed E-state index contributed by atoms with van der Waals surface area (Å²) in [6.07, 6.45) is -5.36. The molecule has 0 bridgehead atoms. The summed E-state index contributed by atoms with van der Waals surface area (Å²) in [7, 11) is 1.39. The Hall–Kier alpha value is -0.980. The second-order valence-corrected chi connectivity index (χ2v) is 3.84. The molecule has 0 heterocycles. The van der Waals surface area contributed by atoms with Crippen LogP contribution in [0.15, 0.2) is 18.2 Å². The van der Waals surface area contributed by atoms with E-state index in [9.17, 15) is 13.2 Å². The molecule has 0 aliphatic heterocycles. The van der Waals surface area contributed by atoms with E-state index >= 15 is 0 Å². The molecule has 0 aliphatic carbocycles. The van der Waals surface area contributed by atoms with Crippen LogP contribution in [0.5, 0.6) is 5.75 Å². The number of hydrogen-bond donors (Lipinski definition) is 2. The first kappa shape index (κ1) is 14.1. The third-order valence-corrected chi connectivity index (χ3v) is 2.53. The van der Waals surface area contributed by atoms with Gasteiger partial charge in [0.15, 0.2) is 0 Å². The van der Waals surface area contributed by atoms with Crippen molar-refractivity contribution in [1.82, 2.24) is 5.43 Å². The summed E-state index contributed by atoms with van der Waals surface area (Å²) in [5, 5.41) is 0.332. The van der Waals surface area contributed by atoms with Gasteiger partial charge in [-0.05, 0) is 17.7 Å². The zero-order valence-corrected chi connectivity index (χ0v) is 9.77. The molecule has 0 radical (unpaired) electrons. The number of benzene rings is 1. The fraction of sp³-hybridized carbons (Fsp3) is 0.400. The van der Waals surface area contributed by atoms with E-state index in [1.807, 2.05) is 0 Å². The molecule has 1 aromatic carbocycles. The summed E-state index contributed by atoms with van der Waals surface area (Å²) in [5.41, 5.74) is 2.49. The van der Waals surface area contributed by atoms with E-state index in [1.54, 1.807) is 0 Å². The van der Waals surface area contributed by atoms with E-state index in [2.05, 4.69) is 5.43 Å².